The second-order valence-electron chi connectivity index (χ2n) is 4.13. The lowest BCUT2D eigenvalue weighted by Gasteiger charge is -2.46. The largest absolute Gasteiger partial charge is 0.467 e. The lowest BCUT2D eigenvalue weighted by atomic mass is 10.1. The summed E-state index contributed by atoms with van der Waals surface area (Å²) in [7, 11) is -1.42. The van der Waals surface area contributed by atoms with Crippen molar-refractivity contribution in [3.8, 4) is 0 Å². The predicted octanol–water partition coefficient (Wildman–Crippen LogP) is 0.597. The Morgan fingerprint density at radius 1 is 1.26 bits per heavy atom. The summed E-state index contributed by atoms with van der Waals surface area (Å²) in [6.07, 6.45) is 0.144. The van der Waals surface area contributed by atoms with E-state index in [0.29, 0.717) is 6.54 Å². The van der Waals surface area contributed by atoms with Crippen LogP contribution in [0.25, 0.3) is 0 Å². The van der Waals surface area contributed by atoms with E-state index in [9.17, 15) is 13.2 Å². The number of esters is 1. The molecule has 0 aliphatic carbocycles. The van der Waals surface area contributed by atoms with Crippen LogP contribution in [-0.2, 0) is 24.2 Å². The number of carbonyl (C=O) groups is 1. The molecule has 0 saturated carbocycles. The topological polar surface area (TPSA) is 72.9 Å². The van der Waals surface area contributed by atoms with Gasteiger partial charge in [-0.2, -0.15) is 5.06 Å². The maximum atomic E-state index is 12.7. The number of hydrogen-bond acceptors (Lipinski definition) is 6. The Morgan fingerprint density at radius 2 is 1.89 bits per heavy atom. The van der Waals surface area contributed by atoms with Gasteiger partial charge in [-0.15, -0.1) is 0 Å². The number of hydrogen-bond donors (Lipinski definition) is 0. The van der Waals surface area contributed by atoms with Crippen molar-refractivity contribution in [2.45, 2.75) is 16.2 Å². The van der Waals surface area contributed by atoms with Crippen LogP contribution in [0.4, 0.5) is 0 Å². The Kier molecular flexibility index (Phi) is 3.62. The summed E-state index contributed by atoms with van der Waals surface area (Å²) in [5.74, 6) is -0.829. The molecular formula is C12H15NO5S. The van der Waals surface area contributed by atoms with Gasteiger partial charge in [0.2, 0.25) is 14.7 Å². The minimum absolute atomic E-state index is 0.0714. The highest BCUT2D eigenvalue weighted by Gasteiger charge is 2.63. The minimum atomic E-state index is -3.91. The van der Waals surface area contributed by atoms with E-state index in [1.165, 1.54) is 19.2 Å². The average Bonchev–Trinajstić information content (AvgIpc) is 2.39. The van der Waals surface area contributed by atoms with Crippen molar-refractivity contribution in [3.63, 3.8) is 0 Å². The van der Waals surface area contributed by atoms with E-state index in [2.05, 4.69) is 4.74 Å². The molecule has 0 radical (unpaired) electrons. The first-order valence-corrected chi connectivity index (χ1v) is 7.19. The zero-order valence-corrected chi connectivity index (χ0v) is 11.5. The van der Waals surface area contributed by atoms with Crippen LogP contribution in [0.1, 0.15) is 6.42 Å². The van der Waals surface area contributed by atoms with Crippen molar-refractivity contribution >= 4 is 15.8 Å². The molecule has 1 heterocycles. The number of carbonyl (C=O) groups excluding carboxylic acids is 1. The van der Waals surface area contributed by atoms with Crippen molar-refractivity contribution in [2.24, 2.45) is 0 Å². The number of nitrogens with zero attached hydrogens (tertiary/aromatic N) is 1. The molecule has 2 rings (SSSR count). The van der Waals surface area contributed by atoms with Crippen molar-refractivity contribution < 1.29 is 22.8 Å². The third-order valence-corrected chi connectivity index (χ3v) is 5.64. The first-order valence-electron chi connectivity index (χ1n) is 5.70. The highest BCUT2D eigenvalue weighted by atomic mass is 32.2. The van der Waals surface area contributed by atoms with Gasteiger partial charge in [0.05, 0.1) is 19.1 Å². The van der Waals surface area contributed by atoms with Crippen LogP contribution < -0.4 is 0 Å². The summed E-state index contributed by atoms with van der Waals surface area (Å²) in [6, 6.07) is 7.82. The van der Waals surface area contributed by atoms with E-state index in [0.717, 1.165) is 12.2 Å². The fourth-order valence-electron chi connectivity index (χ4n) is 2.18. The second-order valence-corrected chi connectivity index (χ2v) is 6.28. The maximum Gasteiger partial charge on any atom is 0.344 e. The van der Waals surface area contributed by atoms with Crippen LogP contribution in [0.5, 0.6) is 0 Å². The standard InChI is InChI=1S/C12H15NO5S/c1-17-11(14)12(8-9-13(12)18-2)19(15,16)10-6-4-3-5-7-10/h3-7H,8-9H2,1-2H3. The predicted molar refractivity (Wildman–Crippen MR) is 66.7 cm³/mol. The van der Waals surface area contributed by atoms with E-state index in [4.69, 9.17) is 4.84 Å². The second kappa shape index (κ2) is 4.92. The van der Waals surface area contributed by atoms with Crippen LogP contribution in [0.3, 0.4) is 0 Å². The monoisotopic (exact) mass is 285 g/mol. The molecule has 0 aromatic heterocycles. The first kappa shape index (κ1) is 14.0. The summed E-state index contributed by atoms with van der Waals surface area (Å²) >= 11 is 0. The number of hydroxylamine groups is 2. The molecule has 6 nitrogen and oxygen atoms in total. The van der Waals surface area contributed by atoms with Gasteiger partial charge in [-0.25, -0.2) is 13.2 Å². The quantitative estimate of drug-likeness (QED) is 0.754. The summed E-state index contributed by atoms with van der Waals surface area (Å²) < 4.78 is 30.0. The third-order valence-electron chi connectivity index (χ3n) is 3.28. The number of methoxy groups -OCH3 is 1. The fraction of sp³-hybridized carbons (Fsp3) is 0.417. The molecule has 1 aliphatic rings. The highest BCUT2D eigenvalue weighted by Crippen LogP contribution is 2.40. The van der Waals surface area contributed by atoms with E-state index in [-0.39, 0.29) is 11.3 Å². The molecule has 1 unspecified atom stereocenters. The molecule has 1 fully saturated rings. The van der Waals surface area contributed by atoms with E-state index in [1.54, 1.807) is 18.2 Å². The van der Waals surface area contributed by atoms with Crippen molar-refractivity contribution in [2.75, 3.05) is 20.8 Å². The Morgan fingerprint density at radius 3 is 2.32 bits per heavy atom. The van der Waals surface area contributed by atoms with Gasteiger partial charge in [0.1, 0.15) is 0 Å². The average molecular weight is 285 g/mol. The van der Waals surface area contributed by atoms with Crippen molar-refractivity contribution in [3.05, 3.63) is 30.3 Å². The first-order chi connectivity index (χ1) is 9.00. The van der Waals surface area contributed by atoms with Gasteiger partial charge in [0.25, 0.3) is 0 Å². The van der Waals surface area contributed by atoms with Gasteiger partial charge in [0, 0.05) is 13.0 Å². The van der Waals surface area contributed by atoms with Crippen LogP contribution >= 0.6 is 0 Å². The molecule has 1 saturated heterocycles. The zero-order chi connectivity index (χ0) is 14.1. The summed E-state index contributed by atoms with van der Waals surface area (Å²) in [5, 5.41) is 1.14. The number of benzene rings is 1. The zero-order valence-electron chi connectivity index (χ0n) is 10.7. The number of rotatable bonds is 4. The van der Waals surface area contributed by atoms with E-state index < -0.39 is 20.7 Å². The Bertz CT molecular complexity index is 569. The summed E-state index contributed by atoms with van der Waals surface area (Å²) in [4.78, 5) is 15.3. The highest BCUT2D eigenvalue weighted by molar-refractivity contribution is 7.93. The molecule has 0 amide bonds. The van der Waals surface area contributed by atoms with Gasteiger partial charge >= 0.3 is 5.97 Å². The fourth-order valence-corrected chi connectivity index (χ4v) is 4.18. The van der Waals surface area contributed by atoms with E-state index in [1.807, 2.05) is 0 Å². The van der Waals surface area contributed by atoms with Crippen LogP contribution in [0.15, 0.2) is 35.2 Å². The molecule has 7 heteroatoms. The van der Waals surface area contributed by atoms with Crippen LogP contribution in [0.2, 0.25) is 0 Å². The van der Waals surface area contributed by atoms with Crippen LogP contribution in [-0.4, -0.2) is 45.1 Å². The van der Waals surface area contributed by atoms with Crippen molar-refractivity contribution in [1.82, 2.24) is 5.06 Å². The molecule has 0 spiro atoms. The molecule has 1 aliphatic heterocycles. The molecule has 0 N–H and O–H groups in total. The lowest BCUT2D eigenvalue weighted by Crippen LogP contribution is -2.68. The van der Waals surface area contributed by atoms with Gasteiger partial charge < -0.3 is 9.57 Å². The Balaban J connectivity index is 2.54. The summed E-state index contributed by atoms with van der Waals surface area (Å²) in [5.41, 5.74) is 0. The van der Waals surface area contributed by atoms with Gasteiger partial charge in [-0.05, 0) is 12.1 Å². The van der Waals surface area contributed by atoms with Gasteiger partial charge in [-0.3, -0.25) is 0 Å². The molecule has 19 heavy (non-hydrogen) atoms. The molecule has 104 valence electrons. The summed E-state index contributed by atoms with van der Waals surface area (Å²) in [6.45, 7) is 0.359. The number of ether oxygens (including phenoxy) is 1. The molecular weight excluding hydrogens is 270 g/mol. The van der Waals surface area contributed by atoms with Gasteiger partial charge in [-0.1, -0.05) is 18.2 Å². The third kappa shape index (κ3) is 1.85. The number of sulfone groups is 1. The molecule has 1 aromatic carbocycles. The van der Waals surface area contributed by atoms with Crippen molar-refractivity contribution in [1.29, 1.82) is 0 Å². The minimum Gasteiger partial charge on any atom is -0.467 e. The normalized spacial score (nSPS) is 23.7. The molecule has 1 aromatic rings. The Labute approximate surface area is 111 Å². The van der Waals surface area contributed by atoms with Gasteiger partial charge in [0.15, 0.2) is 0 Å². The Hall–Kier alpha value is -1.44. The SMILES string of the molecule is COC(=O)C1(S(=O)(=O)c2ccccc2)CCN1OC. The maximum absolute atomic E-state index is 12.7. The van der Waals surface area contributed by atoms with E-state index >= 15 is 0 Å². The smallest absolute Gasteiger partial charge is 0.344 e. The van der Waals surface area contributed by atoms with Crippen LogP contribution in [0, 0.1) is 0 Å². The lowest BCUT2D eigenvalue weighted by molar-refractivity contribution is -0.234. The molecule has 0 bridgehead atoms. The molecule has 1 atom stereocenters.